The molecule has 0 spiro atoms. The lowest BCUT2D eigenvalue weighted by atomic mass is 10.2. The molecule has 4 N–H and O–H groups in total. The molecule has 0 saturated carbocycles. The van der Waals surface area contributed by atoms with Gasteiger partial charge < -0.3 is 20.8 Å². The van der Waals surface area contributed by atoms with Crippen LogP contribution in [0.5, 0.6) is 0 Å². The second-order valence-corrected chi connectivity index (χ2v) is 5.18. The van der Waals surface area contributed by atoms with E-state index < -0.39 is 0 Å². The predicted octanol–water partition coefficient (Wildman–Crippen LogP) is 2.59. The monoisotopic (exact) mass is 301 g/mol. The molecular formula is C16H19N3O3. The maximum Gasteiger partial charge on any atom is 0.258 e. The summed E-state index contributed by atoms with van der Waals surface area (Å²) in [6.45, 7) is 3.87. The first-order chi connectivity index (χ1) is 10.5. The average Bonchev–Trinajstić information content (AvgIpc) is 2.96. The first-order valence-corrected chi connectivity index (χ1v) is 6.99. The fourth-order valence-corrected chi connectivity index (χ4v) is 1.77. The topological polar surface area (TPSA) is 97.4 Å². The van der Waals surface area contributed by atoms with E-state index in [2.05, 4.69) is 10.6 Å². The summed E-state index contributed by atoms with van der Waals surface area (Å²) in [6.07, 6.45) is 1.36. The molecule has 1 aromatic heterocycles. The molecule has 6 heteroatoms. The van der Waals surface area contributed by atoms with E-state index in [4.69, 9.17) is 10.2 Å². The van der Waals surface area contributed by atoms with Crippen LogP contribution in [0.1, 0.15) is 30.0 Å². The van der Waals surface area contributed by atoms with Gasteiger partial charge in [0.2, 0.25) is 5.91 Å². The van der Waals surface area contributed by atoms with Crippen LogP contribution in [0, 0.1) is 5.92 Å². The van der Waals surface area contributed by atoms with E-state index >= 15 is 0 Å². The van der Waals surface area contributed by atoms with Gasteiger partial charge in [0.25, 0.3) is 5.91 Å². The summed E-state index contributed by atoms with van der Waals surface area (Å²) in [5.74, 6) is 0.0589. The zero-order valence-electron chi connectivity index (χ0n) is 12.6. The molecule has 2 rings (SSSR count). The molecule has 6 nitrogen and oxygen atoms in total. The highest BCUT2D eigenvalue weighted by Gasteiger charge is 2.11. The van der Waals surface area contributed by atoms with Gasteiger partial charge in [0, 0.05) is 17.3 Å². The van der Waals surface area contributed by atoms with Crippen LogP contribution in [-0.2, 0) is 11.3 Å². The van der Waals surface area contributed by atoms with E-state index in [1.54, 1.807) is 30.3 Å². The second kappa shape index (κ2) is 6.91. The first kappa shape index (κ1) is 15.8. The molecule has 0 fully saturated rings. The van der Waals surface area contributed by atoms with Gasteiger partial charge in [0.05, 0.1) is 12.1 Å². The van der Waals surface area contributed by atoms with E-state index in [0.29, 0.717) is 22.7 Å². The van der Waals surface area contributed by atoms with Crippen LogP contribution in [0.2, 0.25) is 0 Å². The Morgan fingerprint density at radius 1 is 1.18 bits per heavy atom. The summed E-state index contributed by atoms with van der Waals surface area (Å²) in [6, 6.07) is 8.56. The van der Waals surface area contributed by atoms with Crippen molar-refractivity contribution >= 4 is 23.2 Å². The van der Waals surface area contributed by atoms with Gasteiger partial charge in [-0.3, -0.25) is 9.59 Å². The number of amides is 2. The smallest absolute Gasteiger partial charge is 0.258 e. The van der Waals surface area contributed by atoms with Gasteiger partial charge in [-0.15, -0.1) is 0 Å². The zero-order valence-corrected chi connectivity index (χ0v) is 12.6. The molecule has 116 valence electrons. The molecule has 0 aliphatic rings. The molecular weight excluding hydrogens is 282 g/mol. The van der Waals surface area contributed by atoms with Crippen LogP contribution in [0.3, 0.4) is 0 Å². The van der Waals surface area contributed by atoms with Gasteiger partial charge in [0.1, 0.15) is 12.0 Å². The van der Waals surface area contributed by atoms with E-state index in [9.17, 15) is 9.59 Å². The van der Waals surface area contributed by atoms with Crippen LogP contribution < -0.4 is 16.4 Å². The van der Waals surface area contributed by atoms with Crippen molar-refractivity contribution < 1.29 is 14.0 Å². The number of anilines is 2. The quantitative estimate of drug-likeness (QED) is 0.790. The molecule has 2 aromatic rings. The lowest BCUT2D eigenvalue weighted by Crippen LogP contribution is -2.18. The minimum absolute atomic E-state index is 0.0779. The Labute approximate surface area is 128 Å². The molecule has 1 aromatic carbocycles. The highest BCUT2D eigenvalue weighted by molar-refractivity contribution is 6.04. The van der Waals surface area contributed by atoms with Crippen molar-refractivity contribution in [1.82, 2.24) is 0 Å². The number of hydrogen-bond acceptors (Lipinski definition) is 4. The standard InChI is InChI=1S/C16H19N3O3/c1-10(2)15(20)18-12-4-3-5-13(7-12)19-16(21)11-6-14(8-17)22-9-11/h3-7,9-10H,8,17H2,1-2H3,(H,18,20)(H,19,21). The number of benzene rings is 1. The minimum atomic E-state index is -0.296. The molecule has 0 radical (unpaired) electrons. The maximum atomic E-state index is 12.1. The summed E-state index contributed by atoms with van der Waals surface area (Å²) in [7, 11) is 0. The highest BCUT2D eigenvalue weighted by atomic mass is 16.3. The van der Waals surface area contributed by atoms with Crippen molar-refractivity contribution in [3.8, 4) is 0 Å². The summed E-state index contributed by atoms with van der Waals surface area (Å²) in [5, 5.41) is 5.53. The second-order valence-electron chi connectivity index (χ2n) is 5.18. The van der Waals surface area contributed by atoms with E-state index in [1.807, 2.05) is 13.8 Å². The Morgan fingerprint density at radius 3 is 2.45 bits per heavy atom. The molecule has 0 bridgehead atoms. The van der Waals surface area contributed by atoms with Crippen molar-refractivity contribution in [3.63, 3.8) is 0 Å². The fourth-order valence-electron chi connectivity index (χ4n) is 1.77. The predicted molar refractivity (Wildman–Crippen MR) is 84.5 cm³/mol. The van der Waals surface area contributed by atoms with Crippen LogP contribution in [0.4, 0.5) is 11.4 Å². The molecule has 22 heavy (non-hydrogen) atoms. The van der Waals surface area contributed by atoms with Gasteiger partial charge in [-0.25, -0.2) is 0 Å². The van der Waals surface area contributed by atoms with Crippen LogP contribution >= 0.6 is 0 Å². The van der Waals surface area contributed by atoms with E-state index in [1.165, 1.54) is 6.26 Å². The molecule has 0 aliphatic carbocycles. The van der Waals surface area contributed by atoms with E-state index in [0.717, 1.165) is 0 Å². The first-order valence-electron chi connectivity index (χ1n) is 6.99. The van der Waals surface area contributed by atoms with Gasteiger partial charge in [-0.05, 0) is 24.3 Å². The number of hydrogen-bond donors (Lipinski definition) is 3. The lowest BCUT2D eigenvalue weighted by Gasteiger charge is -2.09. The summed E-state index contributed by atoms with van der Waals surface area (Å²) >= 11 is 0. The third-order valence-corrected chi connectivity index (χ3v) is 3.03. The number of carbonyl (C=O) groups is 2. The molecule has 0 saturated heterocycles. The Morgan fingerprint density at radius 2 is 1.86 bits per heavy atom. The Hall–Kier alpha value is -2.60. The molecule has 0 unspecified atom stereocenters. The molecule has 1 heterocycles. The van der Waals surface area contributed by atoms with Gasteiger partial charge in [-0.2, -0.15) is 0 Å². The van der Waals surface area contributed by atoms with Crippen LogP contribution in [-0.4, -0.2) is 11.8 Å². The number of carbonyl (C=O) groups excluding carboxylic acids is 2. The van der Waals surface area contributed by atoms with Crippen molar-refractivity contribution in [3.05, 3.63) is 47.9 Å². The number of nitrogens with two attached hydrogens (primary N) is 1. The van der Waals surface area contributed by atoms with Crippen molar-refractivity contribution in [2.45, 2.75) is 20.4 Å². The number of furan rings is 1. The number of nitrogens with one attached hydrogen (secondary N) is 2. The minimum Gasteiger partial charge on any atom is -0.467 e. The molecule has 0 aliphatic heterocycles. The summed E-state index contributed by atoms with van der Waals surface area (Å²) in [5.41, 5.74) is 7.06. The molecule has 0 atom stereocenters. The zero-order chi connectivity index (χ0) is 16.1. The van der Waals surface area contributed by atoms with Gasteiger partial charge in [-0.1, -0.05) is 19.9 Å². The third kappa shape index (κ3) is 3.95. The van der Waals surface area contributed by atoms with Gasteiger partial charge in [0.15, 0.2) is 0 Å². The van der Waals surface area contributed by atoms with Crippen molar-refractivity contribution in [2.24, 2.45) is 11.7 Å². The van der Waals surface area contributed by atoms with Gasteiger partial charge >= 0.3 is 0 Å². The lowest BCUT2D eigenvalue weighted by molar-refractivity contribution is -0.118. The fraction of sp³-hybridized carbons (Fsp3) is 0.250. The highest BCUT2D eigenvalue weighted by Crippen LogP contribution is 2.17. The summed E-state index contributed by atoms with van der Waals surface area (Å²) < 4.78 is 5.13. The number of rotatable bonds is 5. The van der Waals surface area contributed by atoms with Crippen LogP contribution in [0.15, 0.2) is 41.0 Å². The average molecular weight is 301 g/mol. The Kier molecular flexibility index (Phi) is 4.95. The van der Waals surface area contributed by atoms with Crippen molar-refractivity contribution in [2.75, 3.05) is 10.6 Å². The Bertz CT molecular complexity index is 677. The summed E-state index contributed by atoms with van der Waals surface area (Å²) in [4.78, 5) is 23.8. The van der Waals surface area contributed by atoms with E-state index in [-0.39, 0.29) is 24.3 Å². The SMILES string of the molecule is CC(C)C(=O)Nc1cccc(NC(=O)c2coc(CN)c2)c1. The molecule has 2 amide bonds. The largest absolute Gasteiger partial charge is 0.467 e. The maximum absolute atomic E-state index is 12.1. The Balaban J connectivity index is 2.06. The van der Waals surface area contributed by atoms with Crippen LogP contribution in [0.25, 0.3) is 0 Å². The normalized spacial score (nSPS) is 10.5. The van der Waals surface area contributed by atoms with Crippen molar-refractivity contribution in [1.29, 1.82) is 0 Å². The third-order valence-electron chi connectivity index (χ3n) is 3.03.